The predicted molar refractivity (Wildman–Crippen MR) is 48.3 cm³/mol. The third kappa shape index (κ3) is 0.967. The molecule has 1 heterocycles. The summed E-state index contributed by atoms with van der Waals surface area (Å²) in [6, 6.07) is 3.24. The zero-order chi connectivity index (χ0) is 8.72. The van der Waals surface area contributed by atoms with Crippen LogP contribution in [-0.4, -0.2) is 9.97 Å². The molecule has 0 unspecified atom stereocenters. The highest BCUT2D eigenvalue weighted by molar-refractivity contribution is 6.35. The van der Waals surface area contributed by atoms with Crippen molar-refractivity contribution in [3.63, 3.8) is 0 Å². The summed E-state index contributed by atoms with van der Waals surface area (Å²) in [7, 11) is 0. The molecule has 2 aromatic rings. The van der Waals surface area contributed by atoms with Crippen LogP contribution in [0.15, 0.2) is 16.9 Å². The molecule has 0 bridgehead atoms. The second kappa shape index (κ2) is 2.28. The number of anilines is 1. The average molecular weight is 184 g/mol. The monoisotopic (exact) mass is 183 g/mol. The Hall–Kier alpha value is -1.42. The molecule has 1 aromatic heterocycles. The Morgan fingerprint density at radius 3 is 2.83 bits per heavy atom. The first-order chi connectivity index (χ1) is 5.66. The quantitative estimate of drug-likeness (QED) is 0.535. The minimum absolute atomic E-state index is 0.280. The molecule has 0 aliphatic rings. The molecule has 5 heteroatoms. The summed E-state index contributed by atoms with van der Waals surface area (Å²) in [5.41, 5.74) is 6.99. The first-order valence-corrected chi connectivity index (χ1v) is 3.71. The van der Waals surface area contributed by atoms with Crippen molar-refractivity contribution < 1.29 is 0 Å². The maximum absolute atomic E-state index is 10.8. The van der Waals surface area contributed by atoms with Gasteiger partial charge in [0.2, 0.25) is 0 Å². The lowest BCUT2D eigenvalue weighted by molar-refractivity contribution is 1.22. The van der Waals surface area contributed by atoms with E-state index in [1.54, 1.807) is 12.1 Å². The maximum atomic E-state index is 10.8. The van der Waals surface area contributed by atoms with Crippen molar-refractivity contribution >= 4 is 28.3 Å². The molecular formula is C7H6ClN3O. The van der Waals surface area contributed by atoms with Crippen LogP contribution in [0, 0.1) is 0 Å². The molecular weight excluding hydrogens is 178 g/mol. The maximum Gasteiger partial charge on any atom is 0.323 e. The Bertz CT molecular complexity index is 485. The smallest absolute Gasteiger partial charge is 0.323 e. The van der Waals surface area contributed by atoms with Gasteiger partial charge in [-0.15, -0.1) is 0 Å². The van der Waals surface area contributed by atoms with Crippen LogP contribution in [-0.2, 0) is 0 Å². The topological polar surface area (TPSA) is 74.7 Å². The largest absolute Gasteiger partial charge is 0.399 e. The van der Waals surface area contributed by atoms with Crippen LogP contribution >= 0.6 is 11.6 Å². The Kier molecular flexibility index (Phi) is 1.38. The Balaban J connectivity index is 2.97. The summed E-state index contributed by atoms with van der Waals surface area (Å²) in [4.78, 5) is 16.0. The number of nitrogen functional groups attached to an aromatic ring is 1. The van der Waals surface area contributed by atoms with Crippen molar-refractivity contribution in [3.05, 3.63) is 27.6 Å². The predicted octanol–water partition coefficient (Wildman–Crippen LogP) is 1.09. The molecule has 12 heavy (non-hydrogen) atoms. The molecule has 0 radical (unpaired) electrons. The van der Waals surface area contributed by atoms with Crippen LogP contribution < -0.4 is 11.4 Å². The summed E-state index contributed by atoms with van der Waals surface area (Å²) in [6.07, 6.45) is 0. The van der Waals surface area contributed by atoms with Gasteiger partial charge in [-0.25, -0.2) is 4.79 Å². The van der Waals surface area contributed by atoms with Crippen LogP contribution in [0.2, 0.25) is 5.02 Å². The molecule has 4 N–H and O–H groups in total. The van der Waals surface area contributed by atoms with Crippen LogP contribution in [0.4, 0.5) is 5.69 Å². The number of rotatable bonds is 0. The fourth-order valence-corrected chi connectivity index (χ4v) is 1.40. The number of nitrogens with two attached hydrogens (primary N) is 1. The second-order valence-corrected chi connectivity index (χ2v) is 2.91. The van der Waals surface area contributed by atoms with Crippen molar-refractivity contribution in [1.82, 2.24) is 9.97 Å². The van der Waals surface area contributed by atoms with E-state index in [2.05, 4.69) is 9.97 Å². The molecule has 0 saturated carbocycles. The third-order valence-corrected chi connectivity index (χ3v) is 1.90. The number of halogens is 1. The molecule has 0 atom stereocenters. The minimum atomic E-state index is -0.280. The van der Waals surface area contributed by atoms with E-state index in [-0.39, 0.29) is 5.69 Å². The number of imidazole rings is 1. The summed E-state index contributed by atoms with van der Waals surface area (Å²) >= 11 is 5.81. The number of hydrogen-bond acceptors (Lipinski definition) is 2. The van der Waals surface area contributed by atoms with E-state index in [0.29, 0.717) is 21.7 Å². The van der Waals surface area contributed by atoms with Crippen LogP contribution in [0.25, 0.3) is 11.0 Å². The van der Waals surface area contributed by atoms with Crippen LogP contribution in [0.3, 0.4) is 0 Å². The lowest BCUT2D eigenvalue weighted by Crippen LogP contribution is -1.99. The van der Waals surface area contributed by atoms with Gasteiger partial charge in [0.25, 0.3) is 0 Å². The van der Waals surface area contributed by atoms with Crippen molar-refractivity contribution in [2.75, 3.05) is 5.73 Å². The number of nitrogens with one attached hydrogen (secondary N) is 2. The summed E-state index contributed by atoms with van der Waals surface area (Å²) < 4.78 is 0. The van der Waals surface area contributed by atoms with E-state index in [1.807, 2.05) is 0 Å². The molecule has 2 rings (SSSR count). The Morgan fingerprint density at radius 1 is 1.33 bits per heavy atom. The highest BCUT2D eigenvalue weighted by atomic mass is 35.5. The van der Waals surface area contributed by atoms with Crippen molar-refractivity contribution in [3.8, 4) is 0 Å². The molecule has 1 aromatic carbocycles. The fraction of sp³-hybridized carbons (Fsp3) is 0. The van der Waals surface area contributed by atoms with Crippen molar-refractivity contribution in [2.45, 2.75) is 0 Å². The van der Waals surface area contributed by atoms with Gasteiger partial charge < -0.3 is 15.7 Å². The van der Waals surface area contributed by atoms with E-state index >= 15 is 0 Å². The number of fused-ring (bicyclic) bond motifs is 1. The van der Waals surface area contributed by atoms with Crippen LogP contribution in [0.1, 0.15) is 0 Å². The number of benzene rings is 1. The second-order valence-electron chi connectivity index (χ2n) is 2.50. The summed E-state index contributed by atoms with van der Waals surface area (Å²) in [5.74, 6) is 0. The molecule has 62 valence electrons. The average Bonchev–Trinajstić information content (AvgIpc) is 2.29. The van der Waals surface area contributed by atoms with Gasteiger partial charge in [0.15, 0.2) is 0 Å². The zero-order valence-electron chi connectivity index (χ0n) is 6.02. The summed E-state index contributed by atoms with van der Waals surface area (Å²) in [6.45, 7) is 0. The van der Waals surface area contributed by atoms with Gasteiger partial charge >= 0.3 is 5.69 Å². The van der Waals surface area contributed by atoms with E-state index in [4.69, 9.17) is 17.3 Å². The number of H-pyrrole nitrogens is 2. The fourth-order valence-electron chi connectivity index (χ4n) is 1.12. The minimum Gasteiger partial charge on any atom is -0.399 e. The van der Waals surface area contributed by atoms with Crippen molar-refractivity contribution in [2.24, 2.45) is 0 Å². The van der Waals surface area contributed by atoms with Gasteiger partial charge in [0, 0.05) is 5.69 Å². The van der Waals surface area contributed by atoms with Gasteiger partial charge in [-0.1, -0.05) is 11.6 Å². The van der Waals surface area contributed by atoms with E-state index in [9.17, 15) is 4.79 Å². The van der Waals surface area contributed by atoms with Gasteiger partial charge in [-0.05, 0) is 12.1 Å². The summed E-state index contributed by atoms with van der Waals surface area (Å²) in [5, 5.41) is 0.448. The van der Waals surface area contributed by atoms with Gasteiger partial charge in [0.05, 0.1) is 16.1 Å². The Labute approximate surface area is 72.3 Å². The molecule has 0 saturated heterocycles. The third-order valence-electron chi connectivity index (χ3n) is 1.60. The Morgan fingerprint density at radius 2 is 2.08 bits per heavy atom. The molecule has 0 aliphatic heterocycles. The SMILES string of the molecule is Nc1cc(Cl)c2[nH]c(=O)[nH]c2c1. The standard InChI is InChI=1S/C7H6ClN3O/c8-4-1-3(9)2-5-6(4)11-7(12)10-5/h1-2H,9H2,(H2,10,11,12). The van der Waals surface area contributed by atoms with Gasteiger partial charge in [0.1, 0.15) is 0 Å². The molecule has 0 aliphatic carbocycles. The number of hydrogen-bond donors (Lipinski definition) is 3. The van der Waals surface area contributed by atoms with E-state index in [1.165, 1.54) is 0 Å². The highest BCUT2D eigenvalue weighted by Gasteiger charge is 2.02. The molecule has 4 nitrogen and oxygen atoms in total. The first kappa shape index (κ1) is 7.24. The van der Waals surface area contributed by atoms with Gasteiger partial charge in [-0.3, -0.25) is 0 Å². The van der Waals surface area contributed by atoms with Crippen molar-refractivity contribution in [1.29, 1.82) is 0 Å². The molecule has 0 spiro atoms. The highest BCUT2D eigenvalue weighted by Crippen LogP contribution is 2.22. The first-order valence-electron chi connectivity index (χ1n) is 3.34. The van der Waals surface area contributed by atoms with E-state index in [0.717, 1.165) is 0 Å². The van der Waals surface area contributed by atoms with Crippen LogP contribution in [0.5, 0.6) is 0 Å². The molecule has 0 amide bonds. The van der Waals surface area contributed by atoms with E-state index < -0.39 is 0 Å². The lowest BCUT2D eigenvalue weighted by atomic mass is 10.3. The normalized spacial score (nSPS) is 10.8. The number of aromatic amines is 2. The zero-order valence-corrected chi connectivity index (χ0v) is 6.77. The number of aromatic nitrogens is 2. The molecule has 0 fully saturated rings. The van der Waals surface area contributed by atoms with Gasteiger partial charge in [-0.2, -0.15) is 0 Å². The lowest BCUT2D eigenvalue weighted by Gasteiger charge is -1.94.